The quantitative estimate of drug-likeness (QED) is 0.334. The van der Waals surface area contributed by atoms with E-state index in [0.29, 0.717) is 11.4 Å². The van der Waals surface area contributed by atoms with E-state index in [2.05, 4.69) is 21.1 Å². The molecule has 0 unspecified atom stereocenters. The van der Waals surface area contributed by atoms with E-state index in [-0.39, 0.29) is 11.1 Å². The first kappa shape index (κ1) is 20.3. The fourth-order valence-electron chi connectivity index (χ4n) is 2.53. The molecular weight excluding hydrogens is 384 g/mol. The molecule has 0 aliphatic heterocycles. The van der Waals surface area contributed by atoms with Gasteiger partial charge in [-0.15, -0.1) is 0 Å². The number of carbonyl (C=O) groups is 2. The van der Waals surface area contributed by atoms with Crippen LogP contribution in [-0.2, 0) is 0 Å². The summed E-state index contributed by atoms with van der Waals surface area (Å²) in [6, 6.07) is 20.1. The smallest absolute Gasteiger partial charge is 0.335 e. The minimum absolute atomic E-state index is 0.176. The average Bonchev–Trinajstić information content (AvgIpc) is 2.74. The lowest BCUT2D eigenvalue weighted by Crippen LogP contribution is -1.98. The molecule has 0 bridgehead atoms. The molecule has 4 N–H and O–H groups in total. The molecule has 0 saturated heterocycles. The number of nitrogens with one attached hydrogen (secondary N) is 2. The molecule has 0 saturated carbocycles. The van der Waals surface area contributed by atoms with E-state index >= 15 is 0 Å². The van der Waals surface area contributed by atoms with Crippen LogP contribution in [0.25, 0.3) is 0 Å². The van der Waals surface area contributed by atoms with Gasteiger partial charge in [-0.3, -0.25) is 10.9 Å². The van der Waals surface area contributed by atoms with Crippen LogP contribution in [0.2, 0.25) is 0 Å². The van der Waals surface area contributed by atoms with Crippen molar-refractivity contribution in [1.29, 1.82) is 0 Å². The fourth-order valence-corrected chi connectivity index (χ4v) is 2.53. The Kier molecular flexibility index (Phi) is 6.52. The lowest BCUT2D eigenvalue weighted by Gasteiger charge is -2.02. The molecule has 3 aromatic carbocycles. The molecular formula is C22H18N4O4. The second kappa shape index (κ2) is 9.65. The summed E-state index contributed by atoms with van der Waals surface area (Å²) in [7, 11) is 0. The zero-order valence-corrected chi connectivity index (χ0v) is 15.7. The Morgan fingerprint density at radius 1 is 0.667 bits per heavy atom. The van der Waals surface area contributed by atoms with Gasteiger partial charge in [0, 0.05) is 0 Å². The number of nitrogens with zero attached hydrogens (tertiary/aromatic N) is 2. The van der Waals surface area contributed by atoms with Crippen molar-refractivity contribution in [2.75, 3.05) is 10.9 Å². The Balaban J connectivity index is 1.61. The second-order valence-electron chi connectivity index (χ2n) is 6.18. The Hall–Kier alpha value is -4.46. The van der Waals surface area contributed by atoms with Gasteiger partial charge in [-0.1, -0.05) is 30.3 Å². The minimum Gasteiger partial charge on any atom is -0.478 e. The summed E-state index contributed by atoms with van der Waals surface area (Å²) in [6.07, 6.45) is 3.21. The molecule has 0 heterocycles. The van der Waals surface area contributed by atoms with E-state index in [0.717, 1.165) is 11.1 Å². The number of hydrogen-bond acceptors (Lipinski definition) is 6. The third-order valence-electron chi connectivity index (χ3n) is 3.94. The molecule has 0 fully saturated rings. The molecule has 0 spiro atoms. The molecule has 8 heteroatoms. The lowest BCUT2D eigenvalue weighted by molar-refractivity contribution is 0.0686. The van der Waals surface area contributed by atoms with Crippen LogP contribution in [0.1, 0.15) is 31.8 Å². The van der Waals surface area contributed by atoms with Crippen molar-refractivity contribution in [3.8, 4) is 0 Å². The molecule has 0 radical (unpaired) electrons. The molecule has 3 rings (SSSR count). The summed E-state index contributed by atoms with van der Waals surface area (Å²) in [5, 5.41) is 26.3. The predicted octanol–water partition coefficient (Wildman–Crippen LogP) is 3.98. The molecule has 0 amide bonds. The Labute approximate surface area is 172 Å². The van der Waals surface area contributed by atoms with Crippen LogP contribution in [0, 0.1) is 0 Å². The van der Waals surface area contributed by atoms with Gasteiger partial charge in [0.2, 0.25) is 0 Å². The highest BCUT2D eigenvalue weighted by atomic mass is 16.4. The number of hydrogen-bond donors (Lipinski definition) is 4. The van der Waals surface area contributed by atoms with E-state index in [1.807, 2.05) is 24.3 Å². The van der Waals surface area contributed by atoms with Gasteiger partial charge in [0.25, 0.3) is 0 Å². The van der Waals surface area contributed by atoms with E-state index < -0.39 is 11.9 Å². The maximum Gasteiger partial charge on any atom is 0.335 e. The van der Waals surface area contributed by atoms with Gasteiger partial charge in [0.15, 0.2) is 0 Å². The number of aromatic carboxylic acids is 2. The number of carboxylic acid groups (broad SMARTS) is 2. The first-order valence-corrected chi connectivity index (χ1v) is 8.86. The monoisotopic (exact) mass is 402 g/mol. The topological polar surface area (TPSA) is 123 Å². The highest BCUT2D eigenvalue weighted by molar-refractivity contribution is 5.90. The van der Waals surface area contributed by atoms with Crippen LogP contribution in [0.4, 0.5) is 11.4 Å². The highest BCUT2D eigenvalue weighted by Gasteiger charge is 2.03. The summed E-state index contributed by atoms with van der Waals surface area (Å²) in [5.41, 5.74) is 8.71. The van der Waals surface area contributed by atoms with Crippen molar-refractivity contribution >= 4 is 35.7 Å². The highest BCUT2D eigenvalue weighted by Crippen LogP contribution is 2.12. The van der Waals surface area contributed by atoms with Crippen LogP contribution >= 0.6 is 0 Å². The zero-order valence-electron chi connectivity index (χ0n) is 15.7. The normalized spacial score (nSPS) is 10.9. The largest absolute Gasteiger partial charge is 0.478 e. The van der Waals surface area contributed by atoms with Crippen LogP contribution in [0.5, 0.6) is 0 Å². The summed E-state index contributed by atoms with van der Waals surface area (Å²) in [4.78, 5) is 22.0. The van der Waals surface area contributed by atoms with E-state index in [1.54, 1.807) is 36.7 Å². The summed E-state index contributed by atoms with van der Waals surface area (Å²) in [5.74, 6) is -2.00. The van der Waals surface area contributed by atoms with Crippen LogP contribution in [0.3, 0.4) is 0 Å². The molecule has 150 valence electrons. The molecule has 0 aliphatic rings. The van der Waals surface area contributed by atoms with Crippen molar-refractivity contribution in [2.24, 2.45) is 10.2 Å². The maximum absolute atomic E-state index is 11.0. The van der Waals surface area contributed by atoms with Gasteiger partial charge in [-0.2, -0.15) is 10.2 Å². The van der Waals surface area contributed by atoms with Crippen LogP contribution < -0.4 is 10.9 Å². The molecule has 30 heavy (non-hydrogen) atoms. The first-order chi connectivity index (χ1) is 14.5. The van der Waals surface area contributed by atoms with Crippen molar-refractivity contribution in [3.05, 3.63) is 95.1 Å². The van der Waals surface area contributed by atoms with Gasteiger partial charge in [-0.25, -0.2) is 9.59 Å². The number of rotatable bonds is 8. The predicted molar refractivity (Wildman–Crippen MR) is 116 cm³/mol. The molecule has 3 aromatic rings. The van der Waals surface area contributed by atoms with Crippen molar-refractivity contribution in [1.82, 2.24) is 0 Å². The molecule has 0 atom stereocenters. The second-order valence-corrected chi connectivity index (χ2v) is 6.18. The lowest BCUT2D eigenvalue weighted by atomic mass is 10.1. The van der Waals surface area contributed by atoms with E-state index in [1.165, 1.54) is 24.3 Å². The Morgan fingerprint density at radius 2 is 1.10 bits per heavy atom. The van der Waals surface area contributed by atoms with Gasteiger partial charge >= 0.3 is 11.9 Å². The summed E-state index contributed by atoms with van der Waals surface area (Å²) >= 11 is 0. The third-order valence-corrected chi connectivity index (χ3v) is 3.94. The standard InChI is InChI=1S/C22H18N4O4/c27-21(28)17-6-2-8-19(11-17)25-23-13-15-4-1-5-16(10-15)14-24-26-20-9-3-7-18(12-20)22(29)30/h1-14,25-26H,(H,27,28)(H,29,30)/b23-13-,24-14-. The summed E-state index contributed by atoms with van der Waals surface area (Å²) in [6.45, 7) is 0. The van der Waals surface area contributed by atoms with Crippen LogP contribution in [0.15, 0.2) is 83.0 Å². The van der Waals surface area contributed by atoms with E-state index in [4.69, 9.17) is 10.2 Å². The van der Waals surface area contributed by atoms with Crippen molar-refractivity contribution in [2.45, 2.75) is 0 Å². The number of carboxylic acids is 2. The molecule has 0 aromatic heterocycles. The first-order valence-electron chi connectivity index (χ1n) is 8.86. The van der Waals surface area contributed by atoms with Crippen LogP contribution in [-0.4, -0.2) is 34.6 Å². The van der Waals surface area contributed by atoms with Gasteiger partial charge in [0.1, 0.15) is 0 Å². The number of anilines is 2. The minimum atomic E-state index is -1.00. The fraction of sp³-hybridized carbons (Fsp3) is 0. The van der Waals surface area contributed by atoms with Crippen molar-refractivity contribution in [3.63, 3.8) is 0 Å². The molecule has 0 aliphatic carbocycles. The average molecular weight is 402 g/mol. The Bertz CT molecular complexity index is 1040. The van der Waals surface area contributed by atoms with Gasteiger partial charge in [0.05, 0.1) is 34.9 Å². The Morgan fingerprint density at radius 3 is 1.53 bits per heavy atom. The van der Waals surface area contributed by atoms with Crippen molar-refractivity contribution < 1.29 is 19.8 Å². The third kappa shape index (κ3) is 5.77. The number of benzene rings is 3. The SMILES string of the molecule is O=C(O)c1cccc(N/N=C\c2cccc(/C=N\Nc3cccc(C(=O)O)c3)c2)c1. The van der Waals surface area contributed by atoms with Gasteiger partial charge in [-0.05, 0) is 53.6 Å². The number of hydrazone groups is 2. The zero-order chi connectivity index (χ0) is 21.3. The van der Waals surface area contributed by atoms with E-state index in [9.17, 15) is 9.59 Å². The molecule has 8 nitrogen and oxygen atoms in total. The maximum atomic E-state index is 11.0. The van der Waals surface area contributed by atoms with Gasteiger partial charge < -0.3 is 10.2 Å². The summed E-state index contributed by atoms with van der Waals surface area (Å²) < 4.78 is 0.